The molecule has 2 amide bonds. The SMILES string of the molecule is Cc1nn(C)c(C)c1/C=C/C(=O)N1CC[C@H](NC(=O)C(C)C)[C@@H](O)CC1. The van der Waals surface area contributed by atoms with Crippen LogP contribution in [-0.2, 0) is 16.6 Å². The van der Waals surface area contributed by atoms with E-state index in [1.54, 1.807) is 21.7 Å². The Balaban J connectivity index is 2.00. The van der Waals surface area contributed by atoms with Gasteiger partial charge in [0, 0.05) is 43.4 Å². The number of rotatable bonds is 4. The Morgan fingerprint density at radius 3 is 2.50 bits per heavy atom. The number of nitrogens with zero attached hydrogens (tertiary/aromatic N) is 3. The lowest BCUT2D eigenvalue weighted by atomic mass is 10.1. The zero-order valence-corrected chi connectivity index (χ0v) is 16.3. The Morgan fingerprint density at radius 1 is 1.27 bits per heavy atom. The number of hydrogen-bond donors (Lipinski definition) is 2. The molecular formula is C19H30N4O3. The average Bonchev–Trinajstić information content (AvgIpc) is 2.72. The second-order valence-electron chi connectivity index (χ2n) is 7.28. The summed E-state index contributed by atoms with van der Waals surface area (Å²) in [6.07, 6.45) is 3.73. The van der Waals surface area contributed by atoms with E-state index in [-0.39, 0.29) is 23.8 Å². The quantitative estimate of drug-likeness (QED) is 0.787. The maximum Gasteiger partial charge on any atom is 0.246 e. The molecule has 26 heavy (non-hydrogen) atoms. The van der Waals surface area contributed by atoms with E-state index in [1.807, 2.05) is 34.7 Å². The van der Waals surface area contributed by atoms with Gasteiger partial charge in [0.2, 0.25) is 11.8 Å². The maximum absolute atomic E-state index is 12.5. The molecule has 1 aromatic heterocycles. The largest absolute Gasteiger partial charge is 0.391 e. The molecule has 0 saturated carbocycles. The van der Waals surface area contributed by atoms with Crippen LogP contribution in [0.15, 0.2) is 6.08 Å². The molecule has 1 saturated heterocycles. The van der Waals surface area contributed by atoms with E-state index in [1.165, 1.54) is 0 Å². The van der Waals surface area contributed by atoms with Crippen molar-refractivity contribution in [2.45, 2.75) is 52.7 Å². The third-order valence-electron chi connectivity index (χ3n) is 4.99. The summed E-state index contributed by atoms with van der Waals surface area (Å²) in [5.74, 6) is -0.288. The molecule has 0 spiro atoms. The van der Waals surface area contributed by atoms with Crippen LogP contribution in [0.4, 0.5) is 0 Å². The van der Waals surface area contributed by atoms with E-state index >= 15 is 0 Å². The number of aliphatic hydroxyl groups excluding tert-OH is 1. The number of aryl methyl sites for hydroxylation is 2. The summed E-state index contributed by atoms with van der Waals surface area (Å²) >= 11 is 0. The van der Waals surface area contributed by atoms with Crippen LogP contribution in [0.3, 0.4) is 0 Å². The molecule has 2 rings (SSSR count). The molecule has 1 aromatic rings. The first-order valence-electron chi connectivity index (χ1n) is 9.16. The second-order valence-corrected chi connectivity index (χ2v) is 7.28. The molecule has 144 valence electrons. The molecule has 1 fully saturated rings. The molecule has 2 heterocycles. The Labute approximate surface area is 155 Å². The minimum atomic E-state index is -0.637. The highest BCUT2D eigenvalue weighted by Gasteiger charge is 2.28. The van der Waals surface area contributed by atoms with E-state index < -0.39 is 6.10 Å². The highest BCUT2D eigenvalue weighted by molar-refractivity contribution is 5.92. The number of hydrogen-bond acceptors (Lipinski definition) is 4. The van der Waals surface area contributed by atoms with Crippen LogP contribution in [0.2, 0.25) is 0 Å². The van der Waals surface area contributed by atoms with Gasteiger partial charge in [-0.15, -0.1) is 0 Å². The Bertz CT molecular complexity index is 693. The van der Waals surface area contributed by atoms with Gasteiger partial charge in [0.25, 0.3) is 0 Å². The molecule has 0 bridgehead atoms. The molecule has 1 aliphatic rings. The third kappa shape index (κ3) is 4.72. The number of nitrogens with one attached hydrogen (secondary N) is 1. The van der Waals surface area contributed by atoms with Crippen LogP contribution in [0.25, 0.3) is 6.08 Å². The van der Waals surface area contributed by atoms with Gasteiger partial charge in [-0.1, -0.05) is 13.8 Å². The summed E-state index contributed by atoms with van der Waals surface area (Å²) in [5.41, 5.74) is 2.85. The van der Waals surface area contributed by atoms with Crippen molar-refractivity contribution >= 4 is 17.9 Å². The average molecular weight is 362 g/mol. The van der Waals surface area contributed by atoms with Crippen molar-refractivity contribution in [2.24, 2.45) is 13.0 Å². The fraction of sp³-hybridized carbons (Fsp3) is 0.632. The van der Waals surface area contributed by atoms with Crippen molar-refractivity contribution < 1.29 is 14.7 Å². The summed E-state index contributed by atoms with van der Waals surface area (Å²) in [7, 11) is 1.88. The normalized spacial score (nSPS) is 21.3. The maximum atomic E-state index is 12.5. The first-order chi connectivity index (χ1) is 12.2. The summed E-state index contributed by atoms with van der Waals surface area (Å²) in [4.78, 5) is 26.2. The van der Waals surface area contributed by atoms with Crippen molar-refractivity contribution in [2.75, 3.05) is 13.1 Å². The van der Waals surface area contributed by atoms with Crippen LogP contribution in [0.5, 0.6) is 0 Å². The Morgan fingerprint density at radius 2 is 1.92 bits per heavy atom. The highest BCUT2D eigenvalue weighted by atomic mass is 16.3. The Kier molecular flexibility index (Phi) is 6.58. The number of aliphatic hydroxyl groups is 1. The second kappa shape index (κ2) is 8.49. The molecule has 0 aromatic carbocycles. The van der Waals surface area contributed by atoms with Crippen LogP contribution >= 0.6 is 0 Å². The monoisotopic (exact) mass is 362 g/mol. The Hall–Kier alpha value is -2.15. The lowest BCUT2D eigenvalue weighted by Crippen LogP contribution is -2.44. The van der Waals surface area contributed by atoms with Crippen LogP contribution in [-0.4, -0.2) is 56.8 Å². The summed E-state index contributed by atoms with van der Waals surface area (Å²) < 4.78 is 1.80. The number of aromatic nitrogens is 2. The van der Waals surface area contributed by atoms with Gasteiger partial charge in [0.1, 0.15) is 0 Å². The van der Waals surface area contributed by atoms with Crippen molar-refractivity contribution in [1.82, 2.24) is 20.0 Å². The van der Waals surface area contributed by atoms with Gasteiger partial charge >= 0.3 is 0 Å². The summed E-state index contributed by atoms with van der Waals surface area (Å²) in [6.45, 7) is 8.51. The lowest BCUT2D eigenvalue weighted by molar-refractivity contribution is -0.126. The lowest BCUT2D eigenvalue weighted by Gasteiger charge is -2.22. The number of carbonyl (C=O) groups is 2. The van der Waals surface area contributed by atoms with Gasteiger partial charge in [-0.05, 0) is 32.8 Å². The molecule has 7 heteroatoms. The van der Waals surface area contributed by atoms with Crippen molar-refractivity contribution in [1.29, 1.82) is 0 Å². The van der Waals surface area contributed by atoms with Crippen LogP contribution in [0.1, 0.15) is 43.6 Å². The molecular weight excluding hydrogens is 332 g/mol. The van der Waals surface area contributed by atoms with Gasteiger partial charge in [0.15, 0.2) is 0 Å². The molecule has 1 aliphatic heterocycles. The fourth-order valence-corrected chi connectivity index (χ4v) is 3.12. The fourth-order valence-electron chi connectivity index (χ4n) is 3.12. The zero-order valence-electron chi connectivity index (χ0n) is 16.3. The highest BCUT2D eigenvalue weighted by Crippen LogP contribution is 2.16. The smallest absolute Gasteiger partial charge is 0.246 e. The summed E-state index contributed by atoms with van der Waals surface area (Å²) in [6, 6.07) is -0.311. The molecule has 0 unspecified atom stereocenters. The number of carbonyl (C=O) groups excluding carboxylic acids is 2. The predicted molar refractivity (Wildman–Crippen MR) is 100 cm³/mol. The van der Waals surface area contributed by atoms with Gasteiger partial charge in [-0.3, -0.25) is 14.3 Å². The third-order valence-corrected chi connectivity index (χ3v) is 4.99. The minimum Gasteiger partial charge on any atom is -0.391 e. The van der Waals surface area contributed by atoms with Gasteiger partial charge in [0.05, 0.1) is 17.8 Å². The molecule has 0 aliphatic carbocycles. The molecule has 0 radical (unpaired) electrons. The van der Waals surface area contributed by atoms with Crippen LogP contribution in [0, 0.1) is 19.8 Å². The number of amides is 2. The molecule has 2 atom stereocenters. The van der Waals surface area contributed by atoms with E-state index in [0.717, 1.165) is 17.0 Å². The van der Waals surface area contributed by atoms with E-state index in [4.69, 9.17) is 0 Å². The summed E-state index contributed by atoms with van der Waals surface area (Å²) in [5, 5.41) is 17.5. The van der Waals surface area contributed by atoms with Crippen molar-refractivity contribution in [3.63, 3.8) is 0 Å². The van der Waals surface area contributed by atoms with Crippen molar-refractivity contribution in [3.05, 3.63) is 23.0 Å². The topological polar surface area (TPSA) is 87.5 Å². The zero-order chi connectivity index (χ0) is 19.4. The van der Waals surface area contributed by atoms with E-state index in [0.29, 0.717) is 25.9 Å². The van der Waals surface area contributed by atoms with E-state index in [2.05, 4.69) is 10.4 Å². The predicted octanol–water partition coefficient (Wildman–Crippen LogP) is 1.17. The number of likely N-dealkylation sites (tertiary alicyclic amines) is 1. The van der Waals surface area contributed by atoms with Gasteiger partial charge < -0.3 is 15.3 Å². The standard InChI is InChI=1S/C19H30N4O3/c1-12(2)19(26)20-16-8-10-23(11-9-17(16)24)18(25)7-6-15-13(3)21-22(5)14(15)4/h6-7,12,16-17,24H,8-11H2,1-5H3,(H,20,26)/b7-6+/t16-,17-/m0/s1. The first-order valence-corrected chi connectivity index (χ1v) is 9.16. The van der Waals surface area contributed by atoms with Crippen molar-refractivity contribution in [3.8, 4) is 0 Å². The van der Waals surface area contributed by atoms with Gasteiger partial charge in [-0.2, -0.15) is 5.10 Å². The molecule has 2 N–H and O–H groups in total. The van der Waals surface area contributed by atoms with Crippen LogP contribution < -0.4 is 5.32 Å². The minimum absolute atomic E-state index is 0.0729. The first kappa shape index (κ1) is 20.2. The molecule has 7 nitrogen and oxygen atoms in total. The van der Waals surface area contributed by atoms with E-state index in [9.17, 15) is 14.7 Å². The van der Waals surface area contributed by atoms with Gasteiger partial charge in [-0.25, -0.2) is 0 Å².